The largest absolute Gasteiger partial charge is 0.467 e. The number of carbonyl (C=O) groups excluding carboxylic acids is 1. The highest BCUT2D eigenvalue weighted by molar-refractivity contribution is 5.81. The van der Waals surface area contributed by atoms with E-state index in [1.807, 2.05) is 31.2 Å². The molecule has 0 saturated heterocycles. The minimum atomic E-state index is -1.03. The van der Waals surface area contributed by atoms with Crippen LogP contribution in [-0.2, 0) is 19.9 Å². The van der Waals surface area contributed by atoms with Crippen molar-refractivity contribution in [2.45, 2.75) is 19.4 Å². The van der Waals surface area contributed by atoms with E-state index in [-0.39, 0.29) is 5.97 Å². The Bertz CT molecular complexity index is 360. The van der Waals surface area contributed by atoms with Crippen LogP contribution in [0.1, 0.15) is 18.1 Å². The van der Waals surface area contributed by atoms with Gasteiger partial charge in [-0.2, -0.15) is 0 Å². The summed E-state index contributed by atoms with van der Waals surface area (Å²) in [6.07, 6.45) is 0. The molecule has 1 rings (SSSR count). The second-order valence-corrected chi connectivity index (χ2v) is 3.54. The monoisotopic (exact) mass is 208 g/mol. The lowest BCUT2D eigenvalue weighted by Gasteiger charge is -2.26. The molecule has 82 valence electrons. The lowest BCUT2D eigenvalue weighted by Crippen LogP contribution is -2.36. The summed E-state index contributed by atoms with van der Waals surface area (Å²) in [5, 5.41) is 0. The maximum atomic E-state index is 11.7. The Kier molecular flexibility index (Phi) is 3.48. The van der Waals surface area contributed by atoms with E-state index in [0.29, 0.717) is 0 Å². The van der Waals surface area contributed by atoms with Crippen LogP contribution in [0.15, 0.2) is 24.3 Å². The first-order chi connectivity index (χ1) is 7.06. The highest BCUT2D eigenvalue weighted by Crippen LogP contribution is 2.28. The van der Waals surface area contributed by atoms with Gasteiger partial charge in [0.15, 0.2) is 5.60 Å². The van der Waals surface area contributed by atoms with Gasteiger partial charge in [0.2, 0.25) is 0 Å². The number of esters is 1. The number of methoxy groups -OCH3 is 2. The first kappa shape index (κ1) is 11.7. The number of rotatable bonds is 3. The maximum Gasteiger partial charge on any atom is 0.342 e. The SMILES string of the molecule is COC(=O)C(C)(OC)c1ccccc1C. The van der Waals surface area contributed by atoms with Gasteiger partial charge >= 0.3 is 5.97 Å². The fourth-order valence-electron chi connectivity index (χ4n) is 1.61. The third-order valence-electron chi connectivity index (χ3n) is 2.64. The van der Waals surface area contributed by atoms with Crippen LogP contribution in [-0.4, -0.2) is 20.2 Å². The Morgan fingerprint density at radius 2 is 1.87 bits per heavy atom. The molecule has 0 N–H and O–H groups in total. The molecule has 0 saturated carbocycles. The second kappa shape index (κ2) is 4.45. The Labute approximate surface area is 90.0 Å². The predicted octanol–water partition coefficient (Wildman–Crippen LogP) is 2.03. The van der Waals surface area contributed by atoms with E-state index in [9.17, 15) is 4.79 Å². The molecule has 3 heteroatoms. The van der Waals surface area contributed by atoms with Gasteiger partial charge in [0.05, 0.1) is 7.11 Å². The molecule has 15 heavy (non-hydrogen) atoms. The van der Waals surface area contributed by atoms with Gasteiger partial charge in [-0.15, -0.1) is 0 Å². The van der Waals surface area contributed by atoms with Crippen molar-refractivity contribution >= 4 is 5.97 Å². The number of carbonyl (C=O) groups is 1. The number of hydrogen-bond donors (Lipinski definition) is 0. The molecule has 1 atom stereocenters. The Morgan fingerprint density at radius 3 is 2.33 bits per heavy atom. The van der Waals surface area contributed by atoms with Gasteiger partial charge < -0.3 is 9.47 Å². The molecule has 0 spiro atoms. The Hall–Kier alpha value is -1.35. The van der Waals surface area contributed by atoms with E-state index in [0.717, 1.165) is 11.1 Å². The zero-order valence-corrected chi connectivity index (χ0v) is 9.53. The second-order valence-electron chi connectivity index (χ2n) is 3.54. The fourth-order valence-corrected chi connectivity index (χ4v) is 1.61. The van der Waals surface area contributed by atoms with Crippen LogP contribution in [0.4, 0.5) is 0 Å². The molecule has 0 aliphatic rings. The zero-order valence-electron chi connectivity index (χ0n) is 9.53. The smallest absolute Gasteiger partial charge is 0.342 e. The molecule has 1 unspecified atom stereocenters. The standard InChI is InChI=1S/C12H16O3/c1-9-7-5-6-8-10(9)12(2,15-4)11(13)14-3/h5-8H,1-4H3. The van der Waals surface area contributed by atoms with Crippen LogP contribution in [0, 0.1) is 6.92 Å². The van der Waals surface area contributed by atoms with Gasteiger partial charge in [0.1, 0.15) is 0 Å². The third-order valence-corrected chi connectivity index (χ3v) is 2.64. The third kappa shape index (κ3) is 2.02. The Morgan fingerprint density at radius 1 is 1.27 bits per heavy atom. The molecule has 0 radical (unpaired) electrons. The van der Waals surface area contributed by atoms with Gasteiger partial charge in [-0.3, -0.25) is 0 Å². The van der Waals surface area contributed by atoms with Crippen molar-refractivity contribution in [3.8, 4) is 0 Å². The molecular weight excluding hydrogens is 192 g/mol. The first-order valence-electron chi connectivity index (χ1n) is 4.76. The van der Waals surface area contributed by atoms with Crippen LogP contribution in [0.25, 0.3) is 0 Å². The van der Waals surface area contributed by atoms with Crippen LogP contribution in [0.5, 0.6) is 0 Å². The number of benzene rings is 1. The molecule has 0 aliphatic carbocycles. The summed E-state index contributed by atoms with van der Waals surface area (Å²) in [7, 11) is 2.86. The summed E-state index contributed by atoms with van der Waals surface area (Å²) in [5.74, 6) is -0.390. The minimum absolute atomic E-state index is 0.390. The fraction of sp³-hybridized carbons (Fsp3) is 0.417. The van der Waals surface area contributed by atoms with Gasteiger partial charge in [-0.05, 0) is 25.0 Å². The summed E-state index contributed by atoms with van der Waals surface area (Å²) in [4.78, 5) is 11.7. The molecule has 0 bridgehead atoms. The van der Waals surface area contributed by atoms with Crippen molar-refractivity contribution in [1.82, 2.24) is 0 Å². The van der Waals surface area contributed by atoms with Crippen molar-refractivity contribution < 1.29 is 14.3 Å². The summed E-state index contributed by atoms with van der Waals surface area (Å²) in [5.41, 5.74) is 0.812. The number of ether oxygens (including phenoxy) is 2. The number of hydrogen-bond acceptors (Lipinski definition) is 3. The lowest BCUT2D eigenvalue weighted by molar-refractivity contribution is -0.165. The summed E-state index contributed by atoms with van der Waals surface area (Å²) in [6.45, 7) is 3.65. The van der Waals surface area contributed by atoms with Crippen molar-refractivity contribution in [2.75, 3.05) is 14.2 Å². The molecule has 3 nitrogen and oxygen atoms in total. The van der Waals surface area contributed by atoms with Crippen molar-refractivity contribution in [2.24, 2.45) is 0 Å². The van der Waals surface area contributed by atoms with E-state index in [1.165, 1.54) is 14.2 Å². The van der Waals surface area contributed by atoms with Crippen LogP contribution < -0.4 is 0 Å². The molecule has 0 aromatic heterocycles. The van der Waals surface area contributed by atoms with Gasteiger partial charge in [-0.25, -0.2) is 4.79 Å². The molecule has 0 aliphatic heterocycles. The minimum Gasteiger partial charge on any atom is -0.467 e. The van der Waals surface area contributed by atoms with Crippen molar-refractivity contribution in [3.63, 3.8) is 0 Å². The summed E-state index contributed by atoms with van der Waals surface area (Å²) < 4.78 is 10.0. The van der Waals surface area contributed by atoms with E-state index in [2.05, 4.69) is 0 Å². The molecular formula is C12H16O3. The van der Waals surface area contributed by atoms with Crippen LogP contribution >= 0.6 is 0 Å². The predicted molar refractivity (Wildman–Crippen MR) is 57.6 cm³/mol. The van der Waals surface area contributed by atoms with E-state index in [4.69, 9.17) is 9.47 Å². The van der Waals surface area contributed by atoms with E-state index in [1.54, 1.807) is 6.92 Å². The van der Waals surface area contributed by atoms with Crippen LogP contribution in [0.2, 0.25) is 0 Å². The van der Waals surface area contributed by atoms with Crippen LogP contribution in [0.3, 0.4) is 0 Å². The van der Waals surface area contributed by atoms with Crippen molar-refractivity contribution in [3.05, 3.63) is 35.4 Å². The normalized spacial score (nSPS) is 14.4. The van der Waals surface area contributed by atoms with Gasteiger partial charge in [0, 0.05) is 7.11 Å². The maximum absolute atomic E-state index is 11.7. The highest BCUT2D eigenvalue weighted by Gasteiger charge is 2.37. The van der Waals surface area contributed by atoms with Crippen molar-refractivity contribution in [1.29, 1.82) is 0 Å². The van der Waals surface area contributed by atoms with E-state index < -0.39 is 5.60 Å². The molecule has 0 amide bonds. The average molecular weight is 208 g/mol. The molecule has 1 aromatic carbocycles. The van der Waals surface area contributed by atoms with E-state index >= 15 is 0 Å². The Balaban J connectivity index is 3.23. The summed E-state index contributed by atoms with van der Waals surface area (Å²) in [6, 6.07) is 7.61. The zero-order chi connectivity index (χ0) is 11.5. The molecule has 1 aromatic rings. The lowest BCUT2D eigenvalue weighted by atomic mass is 9.92. The average Bonchev–Trinajstić information content (AvgIpc) is 2.27. The first-order valence-corrected chi connectivity index (χ1v) is 4.76. The van der Waals surface area contributed by atoms with Gasteiger partial charge in [-0.1, -0.05) is 24.3 Å². The van der Waals surface area contributed by atoms with Gasteiger partial charge in [0.25, 0.3) is 0 Å². The number of aryl methyl sites for hydroxylation is 1. The molecule has 0 fully saturated rings. The topological polar surface area (TPSA) is 35.5 Å². The quantitative estimate of drug-likeness (QED) is 0.713. The molecule has 0 heterocycles. The summed E-state index contributed by atoms with van der Waals surface area (Å²) >= 11 is 0. The highest BCUT2D eigenvalue weighted by atomic mass is 16.6.